The molecule has 90 valence electrons. The SMILES string of the molecule is CC(C)(C)c1ccc(-c2cc(N)ccc2Cl)s1. The number of benzene rings is 1. The van der Waals surface area contributed by atoms with E-state index in [1.807, 2.05) is 18.2 Å². The minimum Gasteiger partial charge on any atom is -0.399 e. The fraction of sp³-hybridized carbons (Fsp3) is 0.286. The first-order valence-electron chi connectivity index (χ1n) is 5.53. The Morgan fingerprint density at radius 1 is 1.12 bits per heavy atom. The maximum atomic E-state index is 6.21. The molecule has 0 saturated carbocycles. The quantitative estimate of drug-likeness (QED) is 0.726. The van der Waals surface area contributed by atoms with Gasteiger partial charge in [0.15, 0.2) is 0 Å². The zero-order chi connectivity index (χ0) is 12.6. The summed E-state index contributed by atoms with van der Waals surface area (Å²) in [6.07, 6.45) is 0. The van der Waals surface area contributed by atoms with Crippen LogP contribution in [0.15, 0.2) is 30.3 Å². The number of nitrogens with two attached hydrogens (primary N) is 1. The number of nitrogen functional groups attached to an aromatic ring is 1. The maximum Gasteiger partial charge on any atom is 0.0494 e. The van der Waals surface area contributed by atoms with E-state index in [9.17, 15) is 0 Å². The first-order valence-corrected chi connectivity index (χ1v) is 6.73. The Morgan fingerprint density at radius 2 is 1.82 bits per heavy atom. The van der Waals surface area contributed by atoms with Gasteiger partial charge in [0.2, 0.25) is 0 Å². The highest BCUT2D eigenvalue weighted by atomic mass is 35.5. The molecule has 1 nitrogen and oxygen atoms in total. The van der Waals surface area contributed by atoms with E-state index in [4.69, 9.17) is 17.3 Å². The van der Waals surface area contributed by atoms with Crippen LogP contribution in [-0.2, 0) is 5.41 Å². The van der Waals surface area contributed by atoms with Gasteiger partial charge in [0.25, 0.3) is 0 Å². The van der Waals surface area contributed by atoms with Crippen LogP contribution >= 0.6 is 22.9 Å². The van der Waals surface area contributed by atoms with Gasteiger partial charge >= 0.3 is 0 Å². The van der Waals surface area contributed by atoms with Gasteiger partial charge in [-0.3, -0.25) is 0 Å². The average molecular weight is 266 g/mol. The molecule has 0 spiro atoms. The van der Waals surface area contributed by atoms with Gasteiger partial charge in [0.1, 0.15) is 0 Å². The van der Waals surface area contributed by atoms with E-state index in [0.717, 1.165) is 16.3 Å². The molecule has 0 atom stereocenters. The monoisotopic (exact) mass is 265 g/mol. The van der Waals surface area contributed by atoms with Crippen molar-refractivity contribution in [3.8, 4) is 10.4 Å². The minimum absolute atomic E-state index is 0.176. The highest BCUT2D eigenvalue weighted by Gasteiger charge is 2.17. The molecule has 1 aromatic carbocycles. The van der Waals surface area contributed by atoms with Crippen molar-refractivity contribution in [2.45, 2.75) is 26.2 Å². The van der Waals surface area contributed by atoms with Crippen molar-refractivity contribution in [1.82, 2.24) is 0 Å². The topological polar surface area (TPSA) is 26.0 Å². The second-order valence-corrected chi connectivity index (χ2v) is 6.64. The molecule has 1 heterocycles. The maximum absolute atomic E-state index is 6.21. The highest BCUT2D eigenvalue weighted by molar-refractivity contribution is 7.15. The van der Waals surface area contributed by atoms with Gasteiger partial charge in [0, 0.05) is 26.0 Å². The molecule has 0 bridgehead atoms. The Bertz CT molecular complexity index is 537. The molecule has 0 aliphatic heterocycles. The Balaban J connectivity index is 2.47. The first-order chi connectivity index (χ1) is 7.88. The number of anilines is 1. The second-order valence-electron chi connectivity index (χ2n) is 5.15. The van der Waals surface area contributed by atoms with Crippen LogP contribution in [-0.4, -0.2) is 0 Å². The van der Waals surface area contributed by atoms with Crippen molar-refractivity contribution in [2.75, 3.05) is 5.73 Å². The molecule has 0 amide bonds. The van der Waals surface area contributed by atoms with Gasteiger partial charge in [0.05, 0.1) is 0 Å². The lowest BCUT2D eigenvalue weighted by atomic mass is 9.95. The van der Waals surface area contributed by atoms with E-state index in [1.165, 1.54) is 9.75 Å². The zero-order valence-electron chi connectivity index (χ0n) is 10.3. The van der Waals surface area contributed by atoms with Crippen molar-refractivity contribution < 1.29 is 0 Å². The summed E-state index contributed by atoms with van der Waals surface area (Å²) in [6.45, 7) is 6.64. The van der Waals surface area contributed by atoms with E-state index in [0.29, 0.717) is 0 Å². The summed E-state index contributed by atoms with van der Waals surface area (Å²) in [5, 5.41) is 0.751. The van der Waals surface area contributed by atoms with Crippen molar-refractivity contribution >= 4 is 28.6 Å². The van der Waals surface area contributed by atoms with Crippen LogP contribution in [0.5, 0.6) is 0 Å². The number of halogens is 1. The molecule has 2 rings (SSSR count). The van der Waals surface area contributed by atoms with Crippen LogP contribution in [0.2, 0.25) is 5.02 Å². The smallest absolute Gasteiger partial charge is 0.0494 e. The molecule has 2 aromatic rings. The number of rotatable bonds is 1. The van der Waals surface area contributed by atoms with Gasteiger partial charge in [-0.15, -0.1) is 11.3 Å². The van der Waals surface area contributed by atoms with Crippen LogP contribution < -0.4 is 5.73 Å². The predicted octanol–water partition coefficient (Wildman–Crippen LogP) is 4.95. The lowest BCUT2D eigenvalue weighted by Gasteiger charge is -2.15. The Kier molecular flexibility index (Phi) is 3.19. The second kappa shape index (κ2) is 4.35. The van der Waals surface area contributed by atoms with E-state index in [2.05, 4.69) is 32.9 Å². The summed E-state index contributed by atoms with van der Waals surface area (Å²) in [6, 6.07) is 9.89. The third-order valence-corrected chi connectivity index (χ3v) is 4.47. The van der Waals surface area contributed by atoms with Crippen LogP contribution in [0.3, 0.4) is 0 Å². The van der Waals surface area contributed by atoms with Gasteiger partial charge in [-0.1, -0.05) is 32.4 Å². The Labute approximate surface area is 111 Å². The molecule has 0 aliphatic carbocycles. The summed E-state index contributed by atoms with van der Waals surface area (Å²) in [5.41, 5.74) is 7.75. The molecule has 0 unspecified atom stereocenters. The van der Waals surface area contributed by atoms with Crippen molar-refractivity contribution in [1.29, 1.82) is 0 Å². The normalized spacial score (nSPS) is 11.8. The largest absolute Gasteiger partial charge is 0.399 e. The van der Waals surface area contributed by atoms with E-state index >= 15 is 0 Å². The molecule has 0 saturated heterocycles. The van der Waals surface area contributed by atoms with Gasteiger partial charge in [-0.25, -0.2) is 0 Å². The predicted molar refractivity (Wildman–Crippen MR) is 77.9 cm³/mol. The molecule has 2 N–H and O–H groups in total. The molecule has 0 aliphatic rings. The van der Waals surface area contributed by atoms with Crippen LogP contribution in [0.4, 0.5) is 5.69 Å². The number of hydrogen-bond acceptors (Lipinski definition) is 2. The molecule has 17 heavy (non-hydrogen) atoms. The third-order valence-electron chi connectivity index (χ3n) is 2.60. The van der Waals surface area contributed by atoms with Crippen molar-refractivity contribution in [2.24, 2.45) is 0 Å². The van der Waals surface area contributed by atoms with Crippen LogP contribution in [0, 0.1) is 0 Å². The fourth-order valence-electron chi connectivity index (χ4n) is 1.62. The molecule has 1 aromatic heterocycles. The standard InChI is InChI=1S/C14H16ClNS/c1-14(2,3)13-7-6-12(17-13)10-8-9(16)4-5-11(10)15/h4-8H,16H2,1-3H3. The Hall–Kier alpha value is -0.990. The third kappa shape index (κ3) is 2.64. The molecular weight excluding hydrogens is 250 g/mol. The highest BCUT2D eigenvalue weighted by Crippen LogP contribution is 2.38. The summed E-state index contributed by atoms with van der Waals surface area (Å²) < 4.78 is 0. The minimum atomic E-state index is 0.176. The number of thiophene rings is 1. The van der Waals surface area contributed by atoms with E-state index in [1.54, 1.807) is 11.3 Å². The average Bonchev–Trinajstić information content (AvgIpc) is 2.70. The molecule has 0 radical (unpaired) electrons. The van der Waals surface area contributed by atoms with Gasteiger partial charge < -0.3 is 5.73 Å². The Morgan fingerprint density at radius 3 is 2.41 bits per heavy atom. The summed E-state index contributed by atoms with van der Waals surface area (Å²) in [4.78, 5) is 2.53. The van der Waals surface area contributed by atoms with Gasteiger partial charge in [-0.05, 0) is 35.7 Å². The van der Waals surface area contributed by atoms with Crippen molar-refractivity contribution in [3.05, 3.63) is 40.2 Å². The van der Waals surface area contributed by atoms with E-state index < -0.39 is 0 Å². The van der Waals surface area contributed by atoms with Crippen LogP contribution in [0.1, 0.15) is 25.6 Å². The molecule has 3 heteroatoms. The fourth-order valence-corrected chi connectivity index (χ4v) is 2.99. The van der Waals surface area contributed by atoms with Crippen LogP contribution in [0.25, 0.3) is 10.4 Å². The summed E-state index contributed by atoms with van der Waals surface area (Å²) >= 11 is 7.98. The van der Waals surface area contributed by atoms with Gasteiger partial charge in [-0.2, -0.15) is 0 Å². The lowest BCUT2D eigenvalue weighted by Crippen LogP contribution is -2.07. The summed E-state index contributed by atoms with van der Waals surface area (Å²) in [7, 11) is 0. The van der Waals surface area contributed by atoms with Crippen molar-refractivity contribution in [3.63, 3.8) is 0 Å². The van der Waals surface area contributed by atoms with E-state index in [-0.39, 0.29) is 5.41 Å². The number of hydrogen-bond donors (Lipinski definition) is 1. The summed E-state index contributed by atoms with van der Waals surface area (Å²) in [5.74, 6) is 0. The lowest BCUT2D eigenvalue weighted by molar-refractivity contribution is 0.604. The molecule has 0 fully saturated rings. The molecular formula is C14H16ClNS. The zero-order valence-corrected chi connectivity index (χ0v) is 11.8. The first kappa shape index (κ1) is 12.5.